The van der Waals surface area contributed by atoms with Crippen LogP contribution in [0.5, 0.6) is 5.75 Å². The van der Waals surface area contributed by atoms with Crippen molar-refractivity contribution in [2.75, 3.05) is 30.8 Å². The number of aromatic nitrogens is 2. The number of rotatable bonds is 8. The van der Waals surface area contributed by atoms with Gasteiger partial charge in [-0.05, 0) is 19.3 Å². The Hall–Kier alpha value is -1.56. The molecule has 0 aromatic carbocycles. The van der Waals surface area contributed by atoms with E-state index in [0.717, 1.165) is 13.0 Å². The standard InChI is InChI=1S/C13H24N4O2/c1-5-14-12-11(19-4)13(17-8-16-12)15-7-10(18)6-9(2)3/h8-10,18H,5-7H2,1-4H3,(H2,14,15,16,17). The topological polar surface area (TPSA) is 79.3 Å². The van der Waals surface area contributed by atoms with Crippen LogP contribution in [0.3, 0.4) is 0 Å². The SMILES string of the molecule is CCNc1ncnc(NCC(O)CC(C)C)c1OC. The van der Waals surface area contributed by atoms with Crippen LogP contribution < -0.4 is 15.4 Å². The lowest BCUT2D eigenvalue weighted by molar-refractivity contribution is 0.161. The number of methoxy groups -OCH3 is 1. The minimum Gasteiger partial charge on any atom is -0.490 e. The monoisotopic (exact) mass is 268 g/mol. The summed E-state index contributed by atoms with van der Waals surface area (Å²) in [6, 6.07) is 0. The molecule has 1 unspecified atom stereocenters. The molecule has 6 nitrogen and oxygen atoms in total. The average molecular weight is 268 g/mol. The van der Waals surface area contributed by atoms with E-state index < -0.39 is 6.10 Å². The van der Waals surface area contributed by atoms with E-state index >= 15 is 0 Å². The minimum atomic E-state index is -0.401. The zero-order chi connectivity index (χ0) is 14.3. The second kappa shape index (κ2) is 7.78. The molecule has 1 aromatic heterocycles. The van der Waals surface area contributed by atoms with E-state index in [0.29, 0.717) is 29.8 Å². The van der Waals surface area contributed by atoms with Gasteiger partial charge in [-0.15, -0.1) is 0 Å². The van der Waals surface area contributed by atoms with Crippen molar-refractivity contribution in [3.63, 3.8) is 0 Å². The van der Waals surface area contributed by atoms with Gasteiger partial charge < -0.3 is 20.5 Å². The molecule has 0 aliphatic carbocycles. The van der Waals surface area contributed by atoms with Crippen molar-refractivity contribution in [2.45, 2.75) is 33.3 Å². The summed E-state index contributed by atoms with van der Waals surface area (Å²) in [6.45, 7) is 7.34. The van der Waals surface area contributed by atoms with Gasteiger partial charge in [0.1, 0.15) is 6.33 Å². The fourth-order valence-electron chi connectivity index (χ4n) is 1.83. The molecule has 3 N–H and O–H groups in total. The molecule has 0 radical (unpaired) electrons. The first-order valence-corrected chi connectivity index (χ1v) is 6.63. The number of hydrogen-bond acceptors (Lipinski definition) is 6. The number of aliphatic hydroxyl groups excluding tert-OH is 1. The van der Waals surface area contributed by atoms with Crippen LogP contribution in [-0.2, 0) is 0 Å². The molecule has 0 aliphatic rings. The maximum atomic E-state index is 9.85. The van der Waals surface area contributed by atoms with E-state index in [1.54, 1.807) is 7.11 Å². The van der Waals surface area contributed by atoms with Crippen LogP contribution in [0.4, 0.5) is 11.6 Å². The van der Waals surface area contributed by atoms with Crippen molar-refractivity contribution in [3.05, 3.63) is 6.33 Å². The van der Waals surface area contributed by atoms with Crippen molar-refractivity contribution < 1.29 is 9.84 Å². The lowest BCUT2D eigenvalue weighted by Gasteiger charge is -2.16. The van der Waals surface area contributed by atoms with E-state index in [-0.39, 0.29) is 0 Å². The molecule has 6 heteroatoms. The highest BCUT2D eigenvalue weighted by Gasteiger charge is 2.13. The first kappa shape index (κ1) is 15.5. The van der Waals surface area contributed by atoms with E-state index in [2.05, 4.69) is 34.4 Å². The van der Waals surface area contributed by atoms with Crippen molar-refractivity contribution in [1.82, 2.24) is 9.97 Å². The first-order chi connectivity index (χ1) is 9.08. The molecule has 1 atom stereocenters. The Morgan fingerprint density at radius 1 is 1.26 bits per heavy atom. The Bertz CT molecular complexity index is 385. The van der Waals surface area contributed by atoms with E-state index in [9.17, 15) is 5.11 Å². The van der Waals surface area contributed by atoms with Crippen LogP contribution in [0.2, 0.25) is 0 Å². The minimum absolute atomic E-state index is 0.401. The maximum Gasteiger partial charge on any atom is 0.204 e. The highest BCUT2D eigenvalue weighted by Crippen LogP contribution is 2.28. The van der Waals surface area contributed by atoms with Crippen molar-refractivity contribution in [1.29, 1.82) is 0 Å². The predicted octanol–water partition coefficient (Wildman–Crippen LogP) is 1.74. The fraction of sp³-hybridized carbons (Fsp3) is 0.692. The van der Waals surface area contributed by atoms with Gasteiger partial charge in [0.25, 0.3) is 0 Å². The van der Waals surface area contributed by atoms with Crippen LogP contribution in [0.25, 0.3) is 0 Å². The second-order valence-corrected chi connectivity index (χ2v) is 4.80. The summed E-state index contributed by atoms with van der Waals surface area (Å²) in [4.78, 5) is 8.27. The molecule has 0 saturated carbocycles. The first-order valence-electron chi connectivity index (χ1n) is 6.63. The van der Waals surface area contributed by atoms with Crippen LogP contribution in [0.1, 0.15) is 27.2 Å². The van der Waals surface area contributed by atoms with Gasteiger partial charge in [0, 0.05) is 13.1 Å². The van der Waals surface area contributed by atoms with Gasteiger partial charge >= 0.3 is 0 Å². The molecule has 0 spiro atoms. The van der Waals surface area contributed by atoms with Gasteiger partial charge in [0.2, 0.25) is 5.75 Å². The number of nitrogens with one attached hydrogen (secondary N) is 2. The van der Waals surface area contributed by atoms with Crippen LogP contribution in [0, 0.1) is 5.92 Å². The summed E-state index contributed by atoms with van der Waals surface area (Å²) in [5, 5.41) is 16.1. The van der Waals surface area contributed by atoms with E-state index in [1.165, 1.54) is 6.33 Å². The molecular weight excluding hydrogens is 244 g/mol. The summed E-state index contributed by atoms with van der Waals surface area (Å²) in [5.74, 6) is 2.28. The Morgan fingerprint density at radius 2 is 1.89 bits per heavy atom. The van der Waals surface area contributed by atoms with Crippen LogP contribution in [-0.4, -0.2) is 41.4 Å². The fourth-order valence-corrected chi connectivity index (χ4v) is 1.83. The molecule has 19 heavy (non-hydrogen) atoms. The van der Waals surface area contributed by atoms with Gasteiger partial charge in [-0.2, -0.15) is 0 Å². The Kier molecular flexibility index (Phi) is 6.35. The number of ether oxygens (including phenoxy) is 1. The zero-order valence-corrected chi connectivity index (χ0v) is 12.1. The Morgan fingerprint density at radius 3 is 2.42 bits per heavy atom. The summed E-state index contributed by atoms with van der Waals surface area (Å²) in [7, 11) is 1.58. The van der Waals surface area contributed by atoms with Crippen LogP contribution in [0.15, 0.2) is 6.33 Å². The highest BCUT2D eigenvalue weighted by molar-refractivity contribution is 5.63. The molecule has 0 saturated heterocycles. The van der Waals surface area contributed by atoms with Gasteiger partial charge in [-0.25, -0.2) is 9.97 Å². The van der Waals surface area contributed by atoms with Crippen molar-refractivity contribution in [3.8, 4) is 5.75 Å². The molecule has 1 rings (SSSR count). The molecule has 0 aliphatic heterocycles. The largest absolute Gasteiger partial charge is 0.490 e. The number of anilines is 2. The van der Waals surface area contributed by atoms with Crippen molar-refractivity contribution in [2.24, 2.45) is 5.92 Å². The van der Waals surface area contributed by atoms with Gasteiger partial charge in [0.15, 0.2) is 11.6 Å². The molecule has 0 amide bonds. The Balaban J connectivity index is 2.69. The zero-order valence-electron chi connectivity index (χ0n) is 12.1. The summed E-state index contributed by atoms with van der Waals surface area (Å²) in [5.41, 5.74) is 0. The third-order valence-electron chi connectivity index (χ3n) is 2.60. The lowest BCUT2D eigenvalue weighted by atomic mass is 10.1. The normalized spacial score (nSPS) is 12.3. The molecule has 108 valence electrons. The molecule has 0 bridgehead atoms. The highest BCUT2D eigenvalue weighted by atomic mass is 16.5. The van der Waals surface area contributed by atoms with E-state index in [4.69, 9.17) is 4.74 Å². The number of nitrogens with zero attached hydrogens (tertiary/aromatic N) is 2. The van der Waals surface area contributed by atoms with E-state index in [1.807, 2.05) is 6.92 Å². The smallest absolute Gasteiger partial charge is 0.204 e. The molecule has 0 fully saturated rings. The summed E-state index contributed by atoms with van der Waals surface area (Å²) < 4.78 is 5.31. The third kappa shape index (κ3) is 4.90. The quantitative estimate of drug-likeness (QED) is 0.666. The molecule has 1 aromatic rings. The number of hydrogen-bond donors (Lipinski definition) is 3. The third-order valence-corrected chi connectivity index (χ3v) is 2.60. The summed E-state index contributed by atoms with van der Waals surface area (Å²) in [6.07, 6.45) is 1.82. The van der Waals surface area contributed by atoms with Crippen molar-refractivity contribution >= 4 is 11.6 Å². The van der Waals surface area contributed by atoms with Gasteiger partial charge in [0.05, 0.1) is 13.2 Å². The lowest BCUT2D eigenvalue weighted by Crippen LogP contribution is -2.22. The van der Waals surface area contributed by atoms with Gasteiger partial charge in [-0.1, -0.05) is 13.8 Å². The second-order valence-electron chi connectivity index (χ2n) is 4.80. The number of aliphatic hydroxyl groups is 1. The molecular formula is C13H24N4O2. The maximum absolute atomic E-state index is 9.85. The van der Waals surface area contributed by atoms with Gasteiger partial charge in [-0.3, -0.25) is 0 Å². The Labute approximate surface area is 114 Å². The summed E-state index contributed by atoms with van der Waals surface area (Å²) >= 11 is 0. The van der Waals surface area contributed by atoms with Crippen LogP contribution >= 0.6 is 0 Å². The average Bonchev–Trinajstić information content (AvgIpc) is 2.36. The predicted molar refractivity (Wildman–Crippen MR) is 76.7 cm³/mol. The molecule has 1 heterocycles.